The molecule has 142 valence electrons. The highest BCUT2D eigenvalue weighted by Gasteiger charge is 2.36. The molecule has 1 fully saturated rings. The number of anilines is 1. The molecule has 1 aliphatic rings. The van der Waals surface area contributed by atoms with Crippen LogP contribution in [-0.4, -0.2) is 40.7 Å². The molecule has 1 N–H and O–H groups in total. The minimum atomic E-state index is -0.486. The maximum Gasteiger partial charge on any atom is 0.332 e. The molecule has 2 heterocycles. The van der Waals surface area contributed by atoms with Gasteiger partial charge in [0.1, 0.15) is 18.1 Å². The third-order valence-electron chi connectivity index (χ3n) is 4.57. The largest absolute Gasteiger partial charge is 0.497 e. The van der Waals surface area contributed by atoms with Crippen LogP contribution in [-0.2, 0) is 11.3 Å². The molecule has 1 aliphatic heterocycles. The van der Waals surface area contributed by atoms with Gasteiger partial charge in [-0.3, -0.25) is 19.7 Å². The highest BCUT2D eigenvalue weighted by Crippen LogP contribution is 2.27. The summed E-state index contributed by atoms with van der Waals surface area (Å²) >= 11 is 0. The number of hydrogen-bond acceptors (Lipinski definition) is 4. The fourth-order valence-corrected chi connectivity index (χ4v) is 3.15. The Morgan fingerprint density at radius 2 is 1.93 bits per heavy atom. The van der Waals surface area contributed by atoms with Crippen molar-refractivity contribution in [1.82, 2.24) is 15.1 Å². The van der Waals surface area contributed by atoms with E-state index in [1.807, 2.05) is 12.1 Å². The number of imide groups is 1. The monoisotopic (exact) mass is 380 g/mol. The van der Waals surface area contributed by atoms with Crippen molar-refractivity contribution in [2.24, 2.45) is 0 Å². The normalized spacial score (nSPS) is 14.1. The van der Waals surface area contributed by atoms with Gasteiger partial charge in [-0.2, -0.15) is 5.10 Å². The molecule has 3 amide bonds. The smallest absolute Gasteiger partial charge is 0.332 e. The first-order valence-corrected chi connectivity index (χ1v) is 8.59. The summed E-state index contributed by atoms with van der Waals surface area (Å²) < 4.78 is 18.7. The fraction of sp³-hybridized carbons (Fsp3) is 0.150. The molecule has 3 aromatic rings. The number of methoxy groups -OCH3 is 1. The molecule has 0 bridgehead atoms. The number of carbonyl (C=O) groups is 2. The molecule has 0 radical (unpaired) electrons. The van der Waals surface area contributed by atoms with Gasteiger partial charge in [0.15, 0.2) is 0 Å². The molecule has 1 saturated heterocycles. The van der Waals surface area contributed by atoms with Crippen LogP contribution in [0, 0.1) is 5.82 Å². The predicted octanol–water partition coefficient (Wildman–Crippen LogP) is 3.19. The average molecular weight is 380 g/mol. The number of hydrogen-bond donors (Lipinski definition) is 1. The molecular formula is C20H17FN4O3. The Morgan fingerprint density at radius 1 is 1.14 bits per heavy atom. The molecule has 8 heteroatoms. The summed E-state index contributed by atoms with van der Waals surface area (Å²) in [5.74, 6) is -0.493. The van der Waals surface area contributed by atoms with Crippen LogP contribution in [0.1, 0.15) is 5.56 Å². The standard InChI is InChI=1S/C20H17FN4O3/c1-28-18-7-13(6-16(21)8-18)11-25-19(26)12-24(20(25)27)17-4-2-14(3-5-17)15-9-22-23-10-15/h2-10H,11-12H2,1H3,(H,22,23). The number of amides is 3. The molecule has 1 aromatic heterocycles. The number of aromatic amines is 1. The molecule has 0 atom stereocenters. The Balaban J connectivity index is 1.53. The molecular weight excluding hydrogens is 363 g/mol. The van der Waals surface area contributed by atoms with E-state index >= 15 is 0 Å². The van der Waals surface area contributed by atoms with E-state index in [0.29, 0.717) is 17.0 Å². The van der Waals surface area contributed by atoms with Crippen LogP contribution in [0.2, 0.25) is 0 Å². The number of rotatable bonds is 5. The highest BCUT2D eigenvalue weighted by molar-refractivity contribution is 6.12. The number of benzene rings is 2. The Labute approximate surface area is 160 Å². The molecule has 0 aliphatic carbocycles. The van der Waals surface area contributed by atoms with E-state index in [1.54, 1.807) is 30.6 Å². The number of carbonyl (C=O) groups excluding carboxylic acids is 2. The van der Waals surface area contributed by atoms with Crippen molar-refractivity contribution in [3.8, 4) is 16.9 Å². The van der Waals surface area contributed by atoms with Gasteiger partial charge in [0.05, 0.1) is 19.9 Å². The van der Waals surface area contributed by atoms with E-state index in [2.05, 4.69) is 10.2 Å². The number of ether oxygens (including phenoxy) is 1. The molecule has 2 aromatic carbocycles. The summed E-state index contributed by atoms with van der Waals surface area (Å²) in [5, 5.41) is 6.66. The van der Waals surface area contributed by atoms with Gasteiger partial charge in [0.2, 0.25) is 0 Å². The second-order valence-corrected chi connectivity index (χ2v) is 6.38. The highest BCUT2D eigenvalue weighted by atomic mass is 19.1. The van der Waals surface area contributed by atoms with E-state index in [-0.39, 0.29) is 19.0 Å². The lowest BCUT2D eigenvalue weighted by Gasteiger charge is -2.18. The second kappa shape index (κ2) is 7.15. The summed E-state index contributed by atoms with van der Waals surface area (Å²) in [6.07, 6.45) is 3.48. The summed E-state index contributed by atoms with van der Waals surface area (Å²) in [6.45, 7) is -0.0776. The summed E-state index contributed by atoms with van der Waals surface area (Å²) in [7, 11) is 1.43. The maximum atomic E-state index is 13.7. The van der Waals surface area contributed by atoms with Gasteiger partial charge in [-0.1, -0.05) is 12.1 Å². The van der Waals surface area contributed by atoms with Crippen LogP contribution >= 0.6 is 0 Å². The van der Waals surface area contributed by atoms with Crippen LogP contribution in [0.3, 0.4) is 0 Å². The van der Waals surface area contributed by atoms with Crippen molar-refractivity contribution in [2.75, 3.05) is 18.6 Å². The lowest BCUT2D eigenvalue weighted by molar-refractivity contribution is -0.125. The molecule has 0 spiro atoms. The van der Waals surface area contributed by atoms with Crippen molar-refractivity contribution < 1.29 is 18.7 Å². The first kappa shape index (κ1) is 17.7. The van der Waals surface area contributed by atoms with E-state index in [4.69, 9.17) is 4.74 Å². The van der Waals surface area contributed by atoms with Crippen molar-refractivity contribution in [3.05, 3.63) is 66.2 Å². The quantitative estimate of drug-likeness (QED) is 0.690. The molecule has 0 unspecified atom stereocenters. The van der Waals surface area contributed by atoms with Crippen LogP contribution in [0.15, 0.2) is 54.9 Å². The zero-order valence-corrected chi connectivity index (χ0v) is 15.1. The van der Waals surface area contributed by atoms with Gasteiger partial charge in [-0.25, -0.2) is 9.18 Å². The average Bonchev–Trinajstić information content (AvgIpc) is 3.32. The molecule has 7 nitrogen and oxygen atoms in total. The maximum absolute atomic E-state index is 13.7. The SMILES string of the molecule is COc1cc(F)cc(CN2C(=O)CN(c3ccc(-c4cn[nH]c4)cc3)C2=O)c1. The van der Waals surface area contributed by atoms with Crippen LogP contribution < -0.4 is 9.64 Å². The number of nitrogens with zero attached hydrogens (tertiary/aromatic N) is 3. The molecule has 4 rings (SSSR count). The van der Waals surface area contributed by atoms with Crippen LogP contribution in [0.25, 0.3) is 11.1 Å². The minimum absolute atomic E-state index is 0.0185. The van der Waals surface area contributed by atoms with E-state index in [9.17, 15) is 14.0 Å². The van der Waals surface area contributed by atoms with Crippen LogP contribution in [0.4, 0.5) is 14.9 Å². The van der Waals surface area contributed by atoms with Crippen molar-refractivity contribution in [2.45, 2.75) is 6.54 Å². The van der Waals surface area contributed by atoms with Crippen molar-refractivity contribution in [3.63, 3.8) is 0 Å². The van der Waals surface area contributed by atoms with Gasteiger partial charge in [0, 0.05) is 23.5 Å². The van der Waals surface area contributed by atoms with Gasteiger partial charge in [0.25, 0.3) is 5.91 Å². The second-order valence-electron chi connectivity index (χ2n) is 6.38. The minimum Gasteiger partial charge on any atom is -0.497 e. The summed E-state index contributed by atoms with van der Waals surface area (Å²) in [6, 6.07) is 11.0. The van der Waals surface area contributed by atoms with Crippen molar-refractivity contribution in [1.29, 1.82) is 0 Å². The Kier molecular flexibility index (Phi) is 4.52. The number of nitrogens with one attached hydrogen (secondary N) is 1. The zero-order chi connectivity index (χ0) is 19.7. The first-order chi connectivity index (χ1) is 13.5. The summed E-state index contributed by atoms with van der Waals surface area (Å²) in [4.78, 5) is 27.7. The van der Waals surface area contributed by atoms with E-state index in [1.165, 1.54) is 24.1 Å². The van der Waals surface area contributed by atoms with Crippen molar-refractivity contribution >= 4 is 17.6 Å². The third-order valence-corrected chi connectivity index (χ3v) is 4.57. The number of aromatic nitrogens is 2. The third kappa shape index (κ3) is 3.32. The lowest BCUT2D eigenvalue weighted by atomic mass is 10.1. The zero-order valence-electron chi connectivity index (χ0n) is 15.1. The van der Waals surface area contributed by atoms with Gasteiger partial charge in [-0.15, -0.1) is 0 Å². The van der Waals surface area contributed by atoms with Gasteiger partial charge in [-0.05, 0) is 35.4 Å². The fourth-order valence-electron chi connectivity index (χ4n) is 3.15. The number of H-pyrrole nitrogens is 1. The number of halogens is 1. The van der Waals surface area contributed by atoms with Gasteiger partial charge < -0.3 is 4.74 Å². The number of urea groups is 1. The topological polar surface area (TPSA) is 78.5 Å². The van der Waals surface area contributed by atoms with Gasteiger partial charge >= 0.3 is 6.03 Å². The Hall–Kier alpha value is -3.68. The lowest BCUT2D eigenvalue weighted by Crippen LogP contribution is -2.32. The predicted molar refractivity (Wildman–Crippen MR) is 100 cm³/mol. The first-order valence-electron chi connectivity index (χ1n) is 8.59. The van der Waals surface area contributed by atoms with E-state index in [0.717, 1.165) is 16.0 Å². The Bertz CT molecular complexity index is 1020. The molecule has 0 saturated carbocycles. The Morgan fingerprint density at radius 3 is 2.61 bits per heavy atom. The molecule has 28 heavy (non-hydrogen) atoms. The summed E-state index contributed by atoms with van der Waals surface area (Å²) in [5.41, 5.74) is 2.97. The van der Waals surface area contributed by atoms with E-state index < -0.39 is 11.8 Å². The van der Waals surface area contributed by atoms with Crippen LogP contribution in [0.5, 0.6) is 5.75 Å².